The summed E-state index contributed by atoms with van der Waals surface area (Å²) < 4.78 is 16.9. The van der Waals surface area contributed by atoms with E-state index in [0.29, 0.717) is 19.3 Å². The highest BCUT2D eigenvalue weighted by Gasteiger charge is 2.19. The van der Waals surface area contributed by atoms with Gasteiger partial charge in [-0.2, -0.15) is 0 Å². The second kappa shape index (κ2) is 67.6. The molecule has 0 aromatic rings. The van der Waals surface area contributed by atoms with Crippen LogP contribution in [0.4, 0.5) is 0 Å². The lowest BCUT2D eigenvalue weighted by Crippen LogP contribution is -2.30. The molecule has 0 aromatic heterocycles. The molecule has 0 aromatic carbocycles. The quantitative estimate of drug-likeness (QED) is 0.0261. The Balaban J connectivity index is 4.13. The van der Waals surface area contributed by atoms with Crippen LogP contribution in [-0.2, 0) is 28.6 Å². The minimum absolute atomic E-state index is 0.0807. The molecule has 6 heteroatoms. The zero-order valence-corrected chi connectivity index (χ0v) is 52.6. The number of carbonyl (C=O) groups is 3. The lowest BCUT2D eigenvalue weighted by Gasteiger charge is -2.18. The van der Waals surface area contributed by atoms with Crippen LogP contribution in [0.2, 0.25) is 0 Å². The Morgan fingerprint density at radius 1 is 0.263 bits per heavy atom. The van der Waals surface area contributed by atoms with Gasteiger partial charge in [0.25, 0.3) is 0 Å². The molecule has 0 saturated carbocycles. The van der Waals surface area contributed by atoms with Crippen molar-refractivity contribution >= 4 is 17.9 Å². The van der Waals surface area contributed by atoms with Gasteiger partial charge >= 0.3 is 17.9 Å². The normalized spacial score (nSPS) is 12.8. The monoisotopic (exact) mass is 1110 g/mol. The molecule has 1 atom stereocenters. The average molecular weight is 1110 g/mol. The summed E-state index contributed by atoms with van der Waals surface area (Å²) >= 11 is 0. The van der Waals surface area contributed by atoms with Crippen LogP contribution in [0.25, 0.3) is 0 Å². The predicted octanol–water partition coefficient (Wildman–Crippen LogP) is 23.4. The summed E-state index contributed by atoms with van der Waals surface area (Å²) in [5.74, 6) is -0.886. The number of ether oxygens (including phenoxy) is 3. The lowest BCUT2D eigenvalue weighted by atomic mass is 10.0. The van der Waals surface area contributed by atoms with Crippen LogP contribution in [0, 0.1) is 0 Å². The number of carbonyl (C=O) groups excluding carboxylic acids is 3. The molecule has 0 spiro atoms. The highest BCUT2D eigenvalue weighted by atomic mass is 16.6. The summed E-state index contributed by atoms with van der Waals surface area (Å²) in [5, 5.41) is 0. The molecule has 0 N–H and O–H groups in total. The Morgan fingerprint density at radius 3 is 0.762 bits per heavy atom. The van der Waals surface area contributed by atoms with Crippen molar-refractivity contribution in [3.63, 3.8) is 0 Å². The Labute approximate surface area is 495 Å². The molecule has 0 radical (unpaired) electrons. The van der Waals surface area contributed by atoms with Gasteiger partial charge in [-0.05, 0) is 103 Å². The number of rotatable bonds is 61. The Morgan fingerprint density at radius 2 is 0.487 bits per heavy atom. The molecular formula is C74H126O6. The first-order chi connectivity index (χ1) is 39.5. The SMILES string of the molecule is CC/C=C\C/C=C\C/C=C\C/C=C\C/C=C\C/C=C\CCCCCCCCCCCCCCCCCCC(=O)OCC(COC(=O)CCCCCCCCCCCCCC)OC(=O)CCCCCCC/C=C\C/C=C\C/C=C\CC. The van der Waals surface area contributed by atoms with Gasteiger partial charge < -0.3 is 14.2 Å². The summed E-state index contributed by atoms with van der Waals surface area (Å²) in [7, 11) is 0. The molecule has 0 fully saturated rings. The summed E-state index contributed by atoms with van der Waals surface area (Å²) in [5.41, 5.74) is 0. The number of allylic oxidation sites excluding steroid dienone is 18. The Bertz CT molecular complexity index is 1610. The molecule has 0 aliphatic heterocycles. The molecule has 80 heavy (non-hydrogen) atoms. The fraction of sp³-hybridized carbons (Fsp3) is 0.716. The summed E-state index contributed by atoms with van der Waals surface area (Å²) in [6.07, 6.45) is 92.6. The topological polar surface area (TPSA) is 78.9 Å². The molecule has 0 saturated heterocycles. The van der Waals surface area contributed by atoms with E-state index >= 15 is 0 Å². The minimum Gasteiger partial charge on any atom is -0.462 e. The minimum atomic E-state index is -0.785. The van der Waals surface area contributed by atoms with Gasteiger partial charge in [0.15, 0.2) is 6.10 Å². The third-order valence-electron chi connectivity index (χ3n) is 14.5. The van der Waals surface area contributed by atoms with Crippen LogP contribution in [-0.4, -0.2) is 37.2 Å². The highest BCUT2D eigenvalue weighted by molar-refractivity contribution is 5.71. The standard InChI is InChI=1S/C74H126O6/c1-4-7-10-13-16-19-22-25-27-28-29-30-31-32-33-34-35-36-37-38-39-40-41-42-43-44-45-46-48-49-52-55-58-61-64-67-73(76)79-70-71(69-78-72(75)66-63-60-57-54-51-24-21-18-15-12-9-6-3)80-74(77)68-65-62-59-56-53-50-47-26-23-20-17-14-11-8-5-2/h7-8,10-11,16-17,19-20,25-27,29-30,32-33,35-36,47,71H,4-6,9,12-15,18,21-24,28,31,34,37-46,48-70H2,1-3H3/b10-7-,11-8-,19-16-,20-17-,27-25-,30-29-,33-32-,36-35-,47-26-. The smallest absolute Gasteiger partial charge is 0.306 e. The number of esters is 3. The van der Waals surface area contributed by atoms with Crippen LogP contribution in [0.15, 0.2) is 109 Å². The largest absolute Gasteiger partial charge is 0.462 e. The van der Waals surface area contributed by atoms with E-state index in [0.717, 1.165) is 135 Å². The summed E-state index contributed by atoms with van der Waals surface area (Å²) in [6.45, 7) is 6.42. The van der Waals surface area contributed by atoms with E-state index in [1.165, 1.54) is 148 Å². The Hall–Kier alpha value is -3.93. The van der Waals surface area contributed by atoms with Crippen molar-refractivity contribution in [3.8, 4) is 0 Å². The van der Waals surface area contributed by atoms with E-state index in [9.17, 15) is 14.4 Å². The maximum absolute atomic E-state index is 12.9. The first-order valence-corrected chi connectivity index (χ1v) is 33.9. The van der Waals surface area contributed by atoms with Crippen molar-refractivity contribution in [2.75, 3.05) is 13.2 Å². The fourth-order valence-electron chi connectivity index (χ4n) is 9.52. The second-order valence-corrected chi connectivity index (χ2v) is 22.3. The highest BCUT2D eigenvalue weighted by Crippen LogP contribution is 2.17. The van der Waals surface area contributed by atoms with Gasteiger partial charge in [-0.1, -0.05) is 310 Å². The van der Waals surface area contributed by atoms with E-state index in [-0.39, 0.29) is 31.1 Å². The zero-order valence-electron chi connectivity index (χ0n) is 52.6. The lowest BCUT2D eigenvalue weighted by molar-refractivity contribution is -0.167. The van der Waals surface area contributed by atoms with Crippen molar-refractivity contribution in [2.24, 2.45) is 0 Å². The fourth-order valence-corrected chi connectivity index (χ4v) is 9.52. The molecule has 0 aliphatic carbocycles. The van der Waals surface area contributed by atoms with Crippen molar-refractivity contribution in [2.45, 2.75) is 329 Å². The van der Waals surface area contributed by atoms with Gasteiger partial charge in [0.1, 0.15) is 13.2 Å². The molecule has 0 bridgehead atoms. The number of hydrogen-bond donors (Lipinski definition) is 0. The third kappa shape index (κ3) is 64.9. The number of hydrogen-bond acceptors (Lipinski definition) is 6. The van der Waals surface area contributed by atoms with E-state index < -0.39 is 6.10 Å². The molecule has 0 aliphatic rings. The van der Waals surface area contributed by atoms with Crippen LogP contribution in [0.5, 0.6) is 0 Å². The first-order valence-electron chi connectivity index (χ1n) is 33.9. The first kappa shape index (κ1) is 76.1. The predicted molar refractivity (Wildman–Crippen MR) is 348 cm³/mol. The molecular weight excluding hydrogens is 985 g/mol. The van der Waals surface area contributed by atoms with E-state index in [1.54, 1.807) is 0 Å². The summed E-state index contributed by atoms with van der Waals surface area (Å²) in [4.78, 5) is 38.3. The zero-order chi connectivity index (χ0) is 57.8. The van der Waals surface area contributed by atoms with Crippen molar-refractivity contribution in [1.82, 2.24) is 0 Å². The van der Waals surface area contributed by atoms with Crippen molar-refractivity contribution < 1.29 is 28.6 Å². The van der Waals surface area contributed by atoms with Gasteiger partial charge in [0.2, 0.25) is 0 Å². The molecule has 6 nitrogen and oxygen atoms in total. The average Bonchev–Trinajstić information content (AvgIpc) is 3.46. The molecule has 458 valence electrons. The van der Waals surface area contributed by atoms with Gasteiger partial charge in [-0.15, -0.1) is 0 Å². The third-order valence-corrected chi connectivity index (χ3v) is 14.5. The molecule has 1 unspecified atom stereocenters. The molecule has 0 heterocycles. The van der Waals surface area contributed by atoms with Gasteiger partial charge in [-0.25, -0.2) is 0 Å². The van der Waals surface area contributed by atoms with Gasteiger partial charge in [0, 0.05) is 19.3 Å². The van der Waals surface area contributed by atoms with Crippen molar-refractivity contribution in [1.29, 1.82) is 0 Å². The van der Waals surface area contributed by atoms with Crippen molar-refractivity contribution in [3.05, 3.63) is 109 Å². The van der Waals surface area contributed by atoms with Crippen LogP contribution in [0.1, 0.15) is 323 Å². The van der Waals surface area contributed by atoms with E-state index in [4.69, 9.17) is 14.2 Å². The Kier molecular flexibility index (Phi) is 64.3. The van der Waals surface area contributed by atoms with Gasteiger partial charge in [-0.3, -0.25) is 14.4 Å². The molecule has 0 amide bonds. The second-order valence-electron chi connectivity index (χ2n) is 22.3. The van der Waals surface area contributed by atoms with Crippen LogP contribution in [0.3, 0.4) is 0 Å². The van der Waals surface area contributed by atoms with E-state index in [1.807, 2.05) is 0 Å². The maximum atomic E-state index is 12.9. The van der Waals surface area contributed by atoms with Crippen LogP contribution >= 0.6 is 0 Å². The van der Waals surface area contributed by atoms with Crippen LogP contribution < -0.4 is 0 Å². The maximum Gasteiger partial charge on any atom is 0.306 e. The van der Waals surface area contributed by atoms with E-state index in [2.05, 4.69) is 130 Å². The number of unbranched alkanes of at least 4 members (excludes halogenated alkanes) is 32. The molecule has 0 rings (SSSR count). The van der Waals surface area contributed by atoms with Gasteiger partial charge in [0.05, 0.1) is 0 Å². The summed E-state index contributed by atoms with van der Waals surface area (Å²) in [6, 6.07) is 0.